The Kier molecular flexibility index (Phi) is 6.48. The number of rotatable bonds is 5. The van der Waals surface area contributed by atoms with Crippen LogP contribution in [-0.4, -0.2) is 36.1 Å². The molecule has 1 aromatic heterocycles. The Labute approximate surface area is 189 Å². The minimum absolute atomic E-state index is 0.219. The van der Waals surface area contributed by atoms with E-state index in [1.165, 1.54) is 18.5 Å². The lowest BCUT2D eigenvalue weighted by Gasteiger charge is -2.33. The number of piperidine rings is 1. The molecule has 1 fully saturated rings. The van der Waals surface area contributed by atoms with E-state index >= 15 is 0 Å². The number of carbonyl (C=O) groups excluding carboxylic acids is 1. The molecule has 3 aromatic rings. The smallest absolute Gasteiger partial charge is 0.416 e. The third kappa shape index (κ3) is 5.42. The van der Waals surface area contributed by atoms with Gasteiger partial charge in [-0.3, -0.25) is 4.79 Å². The number of ether oxygens (including phenoxy) is 1. The van der Waals surface area contributed by atoms with E-state index in [9.17, 15) is 18.0 Å². The summed E-state index contributed by atoms with van der Waals surface area (Å²) in [5.41, 5.74) is 1.28. The molecule has 4 rings (SSSR count). The lowest BCUT2D eigenvalue weighted by Crippen LogP contribution is -2.41. The molecule has 0 radical (unpaired) electrons. The molecule has 1 amide bonds. The fourth-order valence-electron chi connectivity index (χ4n) is 3.83. The molecule has 1 aliphatic rings. The number of halogens is 3. The molecule has 0 saturated carbocycles. The van der Waals surface area contributed by atoms with Gasteiger partial charge in [-0.2, -0.15) is 13.2 Å². The number of carbonyl (C=O) groups is 1. The summed E-state index contributed by atoms with van der Waals surface area (Å²) in [6.07, 6.45) is -1.41. The topological polar surface area (TPSA) is 67.3 Å². The Bertz CT molecular complexity index is 1100. The van der Waals surface area contributed by atoms with E-state index in [0.717, 1.165) is 47.9 Å². The Hall–Kier alpha value is -3.62. The van der Waals surface area contributed by atoms with Gasteiger partial charge in [0.1, 0.15) is 17.9 Å². The molecule has 1 unspecified atom stereocenters. The Balaban J connectivity index is 1.43. The minimum atomic E-state index is -4.41. The fourth-order valence-corrected chi connectivity index (χ4v) is 3.83. The highest BCUT2D eigenvalue weighted by atomic mass is 19.4. The standard InChI is InChI=1S/C24H23F3N4O2/c1-33-20-10-4-16(5-11-20)21-13-22(29-15-28-21)31-12-2-3-17(14-31)23(32)30-19-8-6-18(7-9-19)24(25,26)27/h4-11,13,15,17H,2-3,12,14H2,1H3,(H,30,32). The summed E-state index contributed by atoms with van der Waals surface area (Å²) in [7, 11) is 1.61. The monoisotopic (exact) mass is 456 g/mol. The van der Waals surface area contributed by atoms with Crippen LogP contribution in [0.4, 0.5) is 24.7 Å². The number of nitrogens with zero attached hydrogens (tertiary/aromatic N) is 3. The van der Waals surface area contributed by atoms with E-state index in [1.54, 1.807) is 7.11 Å². The lowest BCUT2D eigenvalue weighted by atomic mass is 9.97. The van der Waals surface area contributed by atoms with E-state index in [2.05, 4.69) is 15.3 Å². The van der Waals surface area contributed by atoms with Crippen LogP contribution in [0.15, 0.2) is 60.9 Å². The number of amides is 1. The highest BCUT2D eigenvalue weighted by Gasteiger charge is 2.30. The van der Waals surface area contributed by atoms with Gasteiger partial charge >= 0.3 is 6.18 Å². The van der Waals surface area contributed by atoms with Gasteiger partial charge in [0.05, 0.1) is 24.3 Å². The third-order valence-corrected chi connectivity index (χ3v) is 5.63. The van der Waals surface area contributed by atoms with Crippen LogP contribution < -0.4 is 15.0 Å². The number of aromatic nitrogens is 2. The van der Waals surface area contributed by atoms with Crippen molar-refractivity contribution in [1.82, 2.24) is 9.97 Å². The number of hydrogen-bond acceptors (Lipinski definition) is 5. The number of nitrogens with one attached hydrogen (secondary N) is 1. The van der Waals surface area contributed by atoms with Gasteiger partial charge in [-0.05, 0) is 61.4 Å². The summed E-state index contributed by atoms with van der Waals surface area (Å²) >= 11 is 0. The number of alkyl halides is 3. The van der Waals surface area contributed by atoms with Gasteiger partial charge in [0.25, 0.3) is 0 Å². The molecule has 9 heteroatoms. The summed E-state index contributed by atoms with van der Waals surface area (Å²) in [4.78, 5) is 23.5. The maximum Gasteiger partial charge on any atom is 0.416 e. The summed E-state index contributed by atoms with van der Waals surface area (Å²) in [6.45, 7) is 1.22. The highest BCUT2D eigenvalue weighted by Crippen LogP contribution is 2.30. The zero-order valence-corrected chi connectivity index (χ0v) is 18.0. The second-order valence-electron chi connectivity index (χ2n) is 7.84. The molecule has 0 bridgehead atoms. The van der Waals surface area contributed by atoms with Crippen LogP contribution in [0.5, 0.6) is 5.75 Å². The van der Waals surface area contributed by atoms with Crippen molar-refractivity contribution in [2.24, 2.45) is 5.92 Å². The summed E-state index contributed by atoms with van der Waals surface area (Å²) in [5, 5.41) is 2.73. The molecule has 0 aliphatic carbocycles. The molecule has 172 valence electrons. The lowest BCUT2D eigenvalue weighted by molar-refractivity contribution is -0.137. The van der Waals surface area contributed by atoms with Gasteiger partial charge in [-0.25, -0.2) is 9.97 Å². The van der Waals surface area contributed by atoms with Gasteiger partial charge < -0.3 is 15.0 Å². The highest BCUT2D eigenvalue weighted by molar-refractivity contribution is 5.93. The molecular formula is C24H23F3N4O2. The average molecular weight is 456 g/mol. The molecule has 1 aliphatic heterocycles. The normalized spacial score (nSPS) is 16.4. The first-order valence-corrected chi connectivity index (χ1v) is 10.5. The second-order valence-corrected chi connectivity index (χ2v) is 7.84. The second kappa shape index (κ2) is 9.48. The number of methoxy groups -OCH3 is 1. The van der Waals surface area contributed by atoms with Gasteiger partial charge in [-0.15, -0.1) is 0 Å². The van der Waals surface area contributed by atoms with Gasteiger partial charge in [-0.1, -0.05) is 0 Å². The van der Waals surface area contributed by atoms with Crippen LogP contribution in [0.1, 0.15) is 18.4 Å². The first kappa shape index (κ1) is 22.6. The molecule has 2 heterocycles. The molecule has 6 nitrogen and oxygen atoms in total. The van der Waals surface area contributed by atoms with Crippen LogP contribution in [0.2, 0.25) is 0 Å². The largest absolute Gasteiger partial charge is 0.497 e. The van der Waals surface area contributed by atoms with Crippen molar-refractivity contribution in [2.45, 2.75) is 19.0 Å². The first-order chi connectivity index (χ1) is 15.8. The van der Waals surface area contributed by atoms with E-state index in [4.69, 9.17) is 4.74 Å². The Morgan fingerprint density at radius 1 is 1.09 bits per heavy atom. The molecule has 1 atom stereocenters. The fraction of sp³-hybridized carbons (Fsp3) is 0.292. The molecule has 33 heavy (non-hydrogen) atoms. The number of benzene rings is 2. The molecular weight excluding hydrogens is 433 g/mol. The maximum atomic E-state index is 12.8. The summed E-state index contributed by atoms with van der Waals surface area (Å²) in [6, 6.07) is 13.9. The SMILES string of the molecule is COc1ccc(-c2cc(N3CCCC(C(=O)Nc4ccc(C(F)(F)F)cc4)C3)ncn2)cc1. The van der Waals surface area contributed by atoms with Crippen LogP contribution in [0.25, 0.3) is 11.3 Å². The quantitative estimate of drug-likeness (QED) is 0.584. The molecule has 2 aromatic carbocycles. The van der Waals surface area contributed by atoms with Gasteiger partial charge in [0, 0.05) is 30.4 Å². The predicted octanol–water partition coefficient (Wildman–Crippen LogP) is 5.03. The molecule has 1 N–H and O–H groups in total. The van der Waals surface area contributed by atoms with E-state index in [0.29, 0.717) is 18.7 Å². The molecule has 0 spiro atoms. The van der Waals surface area contributed by atoms with Crippen LogP contribution >= 0.6 is 0 Å². The van der Waals surface area contributed by atoms with Crippen molar-refractivity contribution < 1.29 is 22.7 Å². The molecule has 1 saturated heterocycles. The van der Waals surface area contributed by atoms with Crippen molar-refractivity contribution in [1.29, 1.82) is 0 Å². The first-order valence-electron chi connectivity index (χ1n) is 10.5. The number of hydrogen-bond donors (Lipinski definition) is 1. The van der Waals surface area contributed by atoms with Crippen molar-refractivity contribution in [3.8, 4) is 17.0 Å². The van der Waals surface area contributed by atoms with Crippen LogP contribution in [0, 0.1) is 5.92 Å². The van der Waals surface area contributed by atoms with E-state index in [1.807, 2.05) is 35.2 Å². The third-order valence-electron chi connectivity index (χ3n) is 5.63. The van der Waals surface area contributed by atoms with Crippen LogP contribution in [0.3, 0.4) is 0 Å². The van der Waals surface area contributed by atoms with Crippen molar-refractivity contribution in [2.75, 3.05) is 30.4 Å². The Morgan fingerprint density at radius 2 is 1.82 bits per heavy atom. The van der Waals surface area contributed by atoms with Crippen molar-refractivity contribution in [3.05, 3.63) is 66.5 Å². The van der Waals surface area contributed by atoms with Gasteiger partial charge in [0.2, 0.25) is 5.91 Å². The predicted molar refractivity (Wildman–Crippen MR) is 119 cm³/mol. The zero-order valence-electron chi connectivity index (χ0n) is 18.0. The van der Waals surface area contributed by atoms with Crippen molar-refractivity contribution >= 4 is 17.4 Å². The maximum absolute atomic E-state index is 12.8. The number of anilines is 2. The van der Waals surface area contributed by atoms with Gasteiger partial charge in [0.15, 0.2) is 0 Å². The Morgan fingerprint density at radius 3 is 2.48 bits per heavy atom. The van der Waals surface area contributed by atoms with E-state index in [-0.39, 0.29) is 11.8 Å². The summed E-state index contributed by atoms with van der Waals surface area (Å²) in [5.74, 6) is 0.957. The zero-order chi connectivity index (χ0) is 23.4. The summed E-state index contributed by atoms with van der Waals surface area (Å²) < 4.78 is 43.4. The van der Waals surface area contributed by atoms with Crippen molar-refractivity contribution in [3.63, 3.8) is 0 Å². The minimum Gasteiger partial charge on any atom is -0.497 e. The average Bonchev–Trinajstić information content (AvgIpc) is 2.84. The van der Waals surface area contributed by atoms with E-state index < -0.39 is 11.7 Å². The van der Waals surface area contributed by atoms with Crippen LogP contribution in [-0.2, 0) is 11.0 Å².